The van der Waals surface area contributed by atoms with E-state index in [1.807, 2.05) is 12.1 Å². The summed E-state index contributed by atoms with van der Waals surface area (Å²) in [6.45, 7) is 5.53. The van der Waals surface area contributed by atoms with E-state index in [2.05, 4.69) is 78.5 Å². The van der Waals surface area contributed by atoms with E-state index in [-0.39, 0.29) is 11.8 Å². The molecular formula is C25H26N2O2. The van der Waals surface area contributed by atoms with Crippen LogP contribution in [0.4, 0.5) is 0 Å². The zero-order chi connectivity index (χ0) is 20.2. The zero-order valence-electron chi connectivity index (χ0n) is 16.9. The first-order chi connectivity index (χ1) is 14.2. The second-order valence-electron chi connectivity index (χ2n) is 7.41. The number of rotatable bonds is 7. The van der Waals surface area contributed by atoms with Crippen molar-refractivity contribution < 1.29 is 9.21 Å². The third kappa shape index (κ3) is 4.11. The van der Waals surface area contributed by atoms with Crippen molar-refractivity contribution in [1.29, 1.82) is 0 Å². The van der Waals surface area contributed by atoms with E-state index in [1.165, 1.54) is 22.0 Å². The van der Waals surface area contributed by atoms with Crippen molar-refractivity contribution in [2.45, 2.75) is 39.3 Å². The number of carbonyl (C=O) groups is 1. The lowest BCUT2D eigenvalue weighted by Crippen LogP contribution is -2.24. The lowest BCUT2D eigenvalue weighted by atomic mass is 9.87. The van der Waals surface area contributed by atoms with Crippen LogP contribution in [0.25, 0.3) is 10.9 Å². The topological polar surface area (TPSA) is 47.2 Å². The van der Waals surface area contributed by atoms with E-state index in [1.54, 1.807) is 6.26 Å². The van der Waals surface area contributed by atoms with Gasteiger partial charge in [0.15, 0.2) is 0 Å². The molecule has 0 saturated carbocycles. The number of hydrogen-bond acceptors (Lipinski definition) is 2. The molecule has 2 aromatic heterocycles. The van der Waals surface area contributed by atoms with Crippen LogP contribution >= 0.6 is 0 Å². The zero-order valence-corrected chi connectivity index (χ0v) is 16.9. The molecular weight excluding hydrogens is 360 g/mol. The molecule has 4 aromatic rings. The maximum atomic E-state index is 12.8. The molecule has 1 unspecified atom stereocenters. The molecule has 29 heavy (non-hydrogen) atoms. The molecule has 0 fully saturated rings. The van der Waals surface area contributed by atoms with Crippen molar-refractivity contribution in [3.63, 3.8) is 0 Å². The third-order valence-electron chi connectivity index (χ3n) is 5.44. The predicted molar refractivity (Wildman–Crippen MR) is 116 cm³/mol. The molecule has 0 aliphatic rings. The van der Waals surface area contributed by atoms with Crippen molar-refractivity contribution in [3.8, 4) is 0 Å². The molecule has 0 radical (unpaired) electrons. The number of aromatic nitrogens is 1. The fraction of sp³-hybridized carbons (Fsp3) is 0.240. The lowest BCUT2D eigenvalue weighted by molar-refractivity contribution is -0.121. The van der Waals surface area contributed by atoms with Crippen LogP contribution in [-0.4, -0.2) is 10.5 Å². The third-order valence-corrected chi connectivity index (χ3v) is 5.44. The SMILES string of the molecule is CCn1cc(C(CC(=O)NCc2ccco2)c2ccc(C)cc2)c2ccccc21. The molecule has 4 nitrogen and oxygen atoms in total. The molecule has 4 heteroatoms. The van der Waals surface area contributed by atoms with E-state index in [0.29, 0.717) is 13.0 Å². The molecule has 0 saturated heterocycles. The summed E-state index contributed by atoms with van der Waals surface area (Å²) in [5.74, 6) is 0.762. The van der Waals surface area contributed by atoms with Gasteiger partial charge in [0.1, 0.15) is 5.76 Å². The average molecular weight is 386 g/mol. The predicted octanol–water partition coefficient (Wildman–Crippen LogP) is 5.40. The first-order valence-corrected chi connectivity index (χ1v) is 10.1. The number of nitrogens with one attached hydrogen (secondary N) is 1. The van der Waals surface area contributed by atoms with E-state index in [9.17, 15) is 4.79 Å². The van der Waals surface area contributed by atoms with Gasteiger partial charge in [0.2, 0.25) is 5.91 Å². The number of nitrogens with zero attached hydrogens (tertiary/aromatic N) is 1. The van der Waals surface area contributed by atoms with Crippen LogP contribution in [0.1, 0.15) is 41.7 Å². The number of aryl methyl sites for hydroxylation is 2. The normalized spacial score (nSPS) is 12.2. The van der Waals surface area contributed by atoms with Crippen molar-refractivity contribution in [2.24, 2.45) is 0 Å². The first-order valence-electron chi connectivity index (χ1n) is 10.1. The van der Waals surface area contributed by atoms with Gasteiger partial charge in [-0.15, -0.1) is 0 Å². The number of furan rings is 1. The van der Waals surface area contributed by atoms with Gasteiger partial charge in [0.05, 0.1) is 12.8 Å². The van der Waals surface area contributed by atoms with Gasteiger partial charge in [0.25, 0.3) is 0 Å². The van der Waals surface area contributed by atoms with E-state index in [4.69, 9.17) is 4.42 Å². The Labute approximate surface area is 171 Å². The highest BCUT2D eigenvalue weighted by atomic mass is 16.3. The van der Waals surface area contributed by atoms with E-state index < -0.39 is 0 Å². The second kappa shape index (κ2) is 8.39. The van der Waals surface area contributed by atoms with Gasteiger partial charge in [-0.25, -0.2) is 0 Å². The minimum Gasteiger partial charge on any atom is -0.467 e. The quantitative estimate of drug-likeness (QED) is 0.462. The standard InChI is InChI=1S/C25H26N2O2/c1-3-27-17-23(21-8-4-5-9-24(21)27)22(19-12-10-18(2)11-13-19)15-25(28)26-16-20-7-6-14-29-20/h4-14,17,22H,3,15-16H2,1-2H3,(H,26,28). The van der Waals surface area contributed by atoms with Gasteiger partial charge in [-0.1, -0.05) is 48.0 Å². The van der Waals surface area contributed by atoms with Gasteiger partial charge in [-0.2, -0.15) is 0 Å². The summed E-state index contributed by atoms with van der Waals surface area (Å²) in [4.78, 5) is 12.8. The molecule has 148 valence electrons. The molecule has 1 atom stereocenters. The Kier molecular flexibility index (Phi) is 5.52. The summed E-state index contributed by atoms with van der Waals surface area (Å²) in [5, 5.41) is 4.20. The maximum absolute atomic E-state index is 12.8. The highest BCUT2D eigenvalue weighted by molar-refractivity contribution is 5.86. The molecule has 0 aliphatic heterocycles. The molecule has 0 spiro atoms. The van der Waals surface area contributed by atoms with Crippen LogP contribution in [0.5, 0.6) is 0 Å². The van der Waals surface area contributed by atoms with Crippen molar-refractivity contribution in [1.82, 2.24) is 9.88 Å². The molecule has 2 heterocycles. The summed E-state index contributed by atoms with van der Waals surface area (Å²) in [5.41, 5.74) is 4.77. The number of benzene rings is 2. The maximum Gasteiger partial charge on any atom is 0.221 e. The van der Waals surface area contributed by atoms with Gasteiger partial charge in [0, 0.05) is 36.0 Å². The van der Waals surface area contributed by atoms with Crippen molar-refractivity contribution >= 4 is 16.8 Å². The van der Waals surface area contributed by atoms with Crippen LogP contribution in [0.2, 0.25) is 0 Å². The number of para-hydroxylation sites is 1. The lowest BCUT2D eigenvalue weighted by Gasteiger charge is -2.17. The molecule has 2 aromatic carbocycles. The van der Waals surface area contributed by atoms with Crippen molar-refractivity contribution in [3.05, 3.63) is 95.6 Å². The summed E-state index contributed by atoms with van der Waals surface area (Å²) in [7, 11) is 0. The summed E-state index contributed by atoms with van der Waals surface area (Å²) < 4.78 is 7.59. The number of amides is 1. The van der Waals surface area contributed by atoms with Crippen LogP contribution in [0.15, 0.2) is 77.5 Å². The Morgan fingerprint density at radius 3 is 2.59 bits per heavy atom. The number of fused-ring (bicyclic) bond motifs is 1. The number of hydrogen-bond donors (Lipinski definition) is 1. The van der Waals surface area contributed by atoms with Crippen molar-refractivity contribution in [2.75, 3.05) is 0 Å². The van der Waals surface area contributed by atoms with Gasteiger partial charge >= 0.3 is 0 Å². The highest BCUT2D eigenvalue weighted by Gasteiger charge is 2.22. The smallest absolute Gasteiger partial charge is 0.221 e. The largest absolute Gasteiger partial charge is 0.467 e. The number of carbonyl (C=O) groups excluding carboxylic acids is 1. The summed E-state index contributed by atoms with van der Waals surface area (Å²) in [6.07, 6.45) is 4.21. The Balaban J connectivity index is 1.67. The minimum absolute atomic E-state index is 0.00935. The van der Waals surface area contributed by atoms with Crippen LogP contribution in [-0.2, 0) is 17.9 Å². The van der Waals surface area contributed by atoms with Crippen LogP contribution in [0, 0.1) is 6.92 Å². The van der Waals surface area contributed by atoms with E-state index >= 15 is 0 Å². The Morgan fingerprint density at radius 2 is 1.86 bits per heavy atom. The minimum atomic E-state index is -0.00935. The molecule has 1 amide bonds. The first kappa shape index (κ1) is 19.1. The van der Waals surface area contributed by atoms with Gasteiger partial charge in [-0.3, -0.25) is 4.79 Å². The van der Waals surface area contributed by atoms with Crippen LogP contribution < -0.4 is 5.32 Å². The summed E-state index contributed by atoms with van der Waals surface area (Å²) in [6, 6.07) is 20.6. The molecule has 1 N–H and O–H groups in total. The van der Waals surface area contributed by atoms with Crippen LogP contribution in [0.3, 0.4) is 0 Å². The highest BCUT2D eigenvalue weighted by Crippen LogP contribution is 2.35. The fourth-order valence-corrected chi connectivity index (χ4v) is 3.88. The Bertz CT molecular complexity index is 1090. The Morgan fingerprint density at radius 1 is 1.07 bits per heavy atom. The monoisotopic (exact) mass is 386 g/mol. The second-order valence-corrected chi connectivity index (χ2v) is 7.41. The average Bonchev–Trinajstić information content (AvgIpc) is 3.39. The van der Waals surface area contributed by atoms with Gasteiger partial charge in [-0.05, 0) is 43.2 Å². The Hall–Kier alpha value is -3.27. The molecule has 0 bridgehead atoms. The van der Waals surface area contributed by atoms with Gasteiger partial charge < -0.3 is 14.3 Å². The fourth-order valence-electron chi connectivity index (χ4n) is 3.88. The molecule has 0 aliphatic carbocycles. The summed E-state index contributed by atoms with van der Waals surface area (Å²) >= 11 is 0. The molecule has 4 rings (SSSR count). The van der Waals surface area contributed by atoms with E-state index in [0.717, 1.165) is 17.9 Å².